The van der Waals surface area contributed by atoms with Gasteiger partial charge < -0.3 is 15.7 Å². The number of nitrogens with one attached hydrogen (secondary N) is 2. The molecular formula is C20H13ClN4O4. The lowest BCUT2D eigenvalue weighted by Crippen LogP contribution is -2.14. The van der Waals surface area contributed by atoms with E-state index >= 15 is 0 Å². The van der Waals surface area contributed by atoms with Gasteiger partial charge in [-0.3, -0.25) is 14.9 Å². The number of anilines is 2. The molecule has 0 saturated carbocycles. The van der Waals surface area contributed by atoms with Gasteiger partial charge in [-0.25, -0.2) is 0 Å². The number of aromatic hydroxyl groups is 1. The number of phenolic OH excluding ortho intramolecular Hbond substituents is 1. The van der Waals surface area contributed by atoms with Crippen LogP contribution in [0.25, 0.3) is 10.8 Å². The van der Waals surface area contributed by atoms with E-state index < -0.39 is 10.8 Å². The number of fused-ring (bicyclic) bond motifs is 1. The maximum atomic E-state index is 12.4. The zero-order valence-corrected chi connectivity index (χ0v) is 15.5. The van der Waals surface area contributed by atoms with Gasteiger partial charge in [-0.2, -0.15) is 5.26 Å². The highest BCUT2D eigenvalue weighted by Gasteiger charge is 2.15. The Morgan fingerprint density at radius 3 is 2.62 bits per heavy atom. The van der Waals surface area contributed by atoms with E-state index in [1.807, 2.05) is 0 Å². The molecule has 3 N–H and O–H groups in total. The van der Waals surface area contributed by atoms with E-state index in [2.05, 4.69) is 10.6 Å². The summed E-state index contributed by atoms with van der Waals surface area (Å²) in [6.45, 7) is 0. The molecule has 9 heteroatoms. The Bertz CT molecular complexity index is 1200. The third kappa shape index (κ3) is 4.26. The molecule has 0 heterocycles. The molecule has 8 nitrogen and oxygen atoms in total. The molecule has 3 rings (SSSR count). The molecule has 0 aliphatic heterocycles. The quantitative estimate of drug-likeness (QED) is 0.245. The van der Waals surface area contributed by atoms with E-state index in [4.69, 9.17) is 11.6 Å². The van der Waals surface area contributed by atoms with E-state index in [1.165, 1.54) is 18.3 Å². The van der Waals surface area contributed by atoms with Gasteiger partial charge in [-0.05, 0) is 24.3 Å². The van der Waals surface area contributed by atoms with Gasteiger partial charge in [0.15, 0.2) is 0 Å². The first kappa shape index (κ1) is 19.7. The zero-order chi connectivity index (χ0) is 21.0. The normalized spacial score (nSPS) is 11.0. The van der Waals surface area contributed by atoms with Crippen LogP contribution in [0, 0.1) is 21.4 Å². The van der Waals surface area contributed by atoms with Crippen LogP contribution in [0.4, 0.5) is 17.1 Å². The molecule has 1 amide bonds. The Morgan fingerprint density at radius 2 is 1.90 bits per heavy atom. The lowest BCUT2D eigenvalue weighted by molar-refractivity contribution is -0.384. The number of nitro benzene ring substituents is 1. The predicted octanol–water partition coefficient (Wildman–Crippen LogP) is 4.57. The Labute approximate surface area is 169 Å². The van der Waals surface area contributed by atoms with E-state index in [0.29, 0.717) is 16.5 Å². The molecule has 0 radical (unpaired) electrons. The summed E-state index contributed by atoms with van der Waals surface area (Å²) < 4.78 is 0. The van der Waals surface area contributed by atoms with Gasteiger partial charge in [-0.15, -0.1) is 0 Å². The lowest BCUT2D eigenvalue weighted by atomic mass is 10.1. The van der Waals surface area contributed by atoms with Gasteiger partial charge in [0.2, 0.25) is 0 Å². The summed E-state index contributed by atoms with van der Waals surface area (Å²) in [6.07, 6.45) is 1.22. The van der Waals surface area contributed by atoms with E-state index in [0.717, 1.165) is 6.07 Å². The minimum Gasteiger partial charge on any atom is -0.507 e. The number of nitro groups is 1. The fourth-order valence-corrected chi connectivity index (χ4v) is 2.83. The molecule has 0 unspecified atom stereocenters. The molecule has 144 valence electrons. The lowest BCUT2D eigenvalue weighted by Gasteiger charge is -2.08. The molecule has 0 fully saturated rings. The molecular weight excluding hydrogens is 396 g/mol. The summed E-state index contributed by atoms with van der Waals surface area (Å²) >= 11 is 5.75. The second kappa shape index (κ2) is 8.29. The molecule has 0 bridgehead atoms. The number of carbonyl (C=O) groups is 1. The van der Waals surface area contributed by atoms with Crippen molar-refractivity contribution in [3.05, 3.63) is 81.5 Å². The number of rotatable bonds is 5. The molecule has 3 aromatic carbocycles. The zero-order valence-electron chi connectivity index (χ0n) is 14.7. The van der Waals surface area contributed by atoms with E-state index in [9.17, 15) is 25.3 Å². The maximum absolute atomic E-state index is 12.4. The number of carbonyl (C=O) groups excluding carboxylic acids is 1. The number of phenols is 1. The predicted molar refractivity (Wildman–Crippen MR) is 110 cm³/mol. The molecule has 0 aliphatic carbocycles. The third-order valence-corrected chi connectivity index (χ3v) is 4.36. The molecule has 0 spiro atoms. The largest absolute Gasteiger partial charge is 0.507 e. The third-order valence-electron chi connectivity index (χ3n) is 4.04. The second-order valence-corrected chi connectivity index (χ2v) is 6.28. The van der Waals surface area contributed by atoms with Crippen molar-refractivity contribution in [1.82, 2.24) is 0 Å². The molecule has 29 heavy (non-hydrogen) atoms. The Kier molecular flexibility index (Phi) is 5.62. The van der Waals surface area contributed by atoms with Crippen LogP contribution >= 0.6 is 11.6 Å². The average Bonchev–Trinajstić information content (AvgIpc) is 2.70. The van der Waals surface area contributed by atoms with Crippen LogP contribution in [0.5, 0.6) is 5.75 Å². The summed E-state index contributed by atoms with van der Waals surface area (Å²) in [5, 5.41) is 36.8. The van der Waals surface area contributed by atoms with Crippen molar-refractivity contribution < 1.29 is 14.8 Å². The summed E-state index contributed by atoms with van der Waals surface area (Å²) in [5.74, 6) is -0.641. The first-order valence-corrected chi connectivity index (χ1v) is 8.61. The maximum Gasteiger partial charge on any atom is 0.289 e. The Balaban J connectivity index is 1.83. The van der Waals surface area contributed by atoms with Gasteiger partial charge in [-0.1, -0.05) is 35.9 Å². The van der Waals surface area contributed by atoms with Crippen LogP contribution in [0.1, 0.15) is 0 Å². The minimum atomic E-state index is -0.750. The van der Waals surface area contributed by atoms with Crippen molar-refractivity contribution in [2.24, 2.45) is 0 Å². The van der Waals surface area contributed by atoms with Gasteiger partial charge in [0.1, 0.15) is 22.4 Å². The SMILES string of the molecule is N#C/C(=C/Nc1cccc2c(O)cccc12)C(=O)Nc1ccc(Cl)c([N+](=O)[O-])c1. The van der Waals surface area contributed by atoms with Crippen LogP contribution in [-0.4, -0.2) is 15.9 Å². The number of halogens is 1. The van der Waals surface area contributed by atoms with Crippen LogP contribution < -0.4 is 10.6 Å². The number of hydrogen-bond acceptors (Lipinski definition) is 6. The summed E-state index contributed by atoms with van der Waals surface area (Å²) in [4.78, 5) is 22.7. The fraction of sp³-hybridized carbons (Fsp3) is 0. The molecule has 0 aromatic heterocycles. The van der Waals surface area contributed by atoms with Gasteiger partial charge in [0.05, 0.1) is 4.92 Å². The van der Waals surface area contributed by atoms with E-state index in [-0.39, 0.29) is 27.7 Å². The number of nitrogens with zero attached hydrogens (tertiary/aromatic N) is 2. The first-order chi connectivity index (χ1) is 13.9. The molecule has 0 saturated heterocycles. The van der Waals surface area contributed by atoms with Crippen molar-refractivity contribution >= 4 is 45.3 Å². The fourth-order valence-electron chi connectivity index (χ4n) is 2.65. The number of hydrogen-bond donors (Lipinski definition) is 3. The monoisotopic (exact) mass is 408 g/mol. The highest BCUT2D eigenvalue weighted by Crippen LogP contribution is 2.30. The van der Waals surface area contributed by atoms with Crippen molar-refractivity contribution in [3.8, 4) is 11.8 Å². The average molecular weight is 409 g/mol. The van der Waals surface area contributed by atoms with Gasteiger partial charge in [0.25, 0.3) is 11.6 Å². The second-order valence-electron chi connectivity index (χ2n) is 5.87. The van der Waals surface area contributed by atoms with Crippen molar-refractivity contribution in [2.45, 2.75) is 0 Å². The van der Waals surface area contributed by atoms with E-state index in [1.54, 1.807) is 42.5 Å². The molecule has 0 aliphatic rings. The highest BCUT2D eigenvalue weighted by atomic mass is 35.5. The standard InChI is InChI=1S/C20H13ClN4O4/c21-16-8-7-13(9-18(16)25(28)29)24-20(27)12(10-22)11-23-17-5-1-4-15-14(17)3-2-6-19(15)26/h1-9,11,23,26H,(H,24,27)/b12-11-. The molecule has 3 aromatic rings. The highest BCUT2D eigenvalue weighted by molar-refractivity contribution is 6.32. The summed E-state index contributed by atoms with van der Waals surface area (Å²) in [5.41, 5.74) is 0.101. The smallest absolute Gasteiger partial charge is 0.289 e. The number of amides is 1. The van der Waals surface area contributed by atoms with Crippen molar-refractivity contribution in [1.29, 1.82) is 5.26 Å². The van der Waals surface area contributed by atoms with Gasteiger partial charge >= 0.3 is 0 Å². The topological polar surface area (TPSA) is 128 Å². The summed E-state index contributed by atoms with van der Waals surface area (Å²) in [7, 11) is 0. The van der Waals surface area contributed by atoms with Crippen molar-refractivity contribution in [2.75, 3.05) is 10.6 Å². The Morgan fingerprint density at radius 1 is 1.17 bits per heavy atom. The molecule has 0 atom stereocenters. The van der Waals surface area contributed by atoms with Crippen molar-refractivity contribution in [3.63, 3.8) is 0 Å². The van der Waals surface area contributed by atoms with Crippen LogP contribution in [0.2, 0.25) is 5.02 Å². The number of benzene rings is 3. The van der Waals surface area contributed by atoms with Crippen LogP contribution in [-0.2, 0) is 4.79 Å². The van der Waals surface area contributed by atoms with Gasteiger partial charge in [0, 0.05) is 34.4 Å². The summed E-state index contributed by atoms with van der Waals surface area (Å²) in [6, 6.07) is 15.8. The van der Waals surface area contributed by atoms with Crippen LogP contribution in [0.15, 0.2) is 66.4 Å². The van der Waals surface area contributed by atoms with Crippen LogP contribution in [0.3, 0.4) is 0 Å². The first-order valence-electron chi connectivity index (χ1n) is 8.23. The number of nitriles is 1. The Hall–Kier alpha value is -4.09. The minimum absolute atomic E-state index is 0.0649.